The number of furan rings is 1. The Morgan fingerprint density at radius 3 is 1.90 bits per heavy atom. The monoisotopic (exact) mass is 668 g/mol. The summed E-state index contributed by atoms with van der Waals surface area (Å²) in [6, 6.07) is 35.1. The molecule has 0 bridgehead atoms. The van der Waals surface area contributed by atoms with Crippen LogP contribution in [0.4, 0.5) is 37.2 Å². The molecule has 248 valence electrons. The predicted octanol–water partition coefficient (Wildman–Crippen LogP) is 10.9. The van der Waals surface area contributed by atoms with Crippen molar-refractivity contribution in [3.05, 3.63) is 154 Å². The van der Waals surface area contributed by atoms with Crippen LogP contribution in [0.3, 0.4) is 0 Å². The Morgan fingerprint density at radius 2 is 1.18 bits per heavy atom. The number of fused-ring (bicyclic) bond motifs is 9. The number of halogens is 2. The zero-order valence-corrected chi connectivity index (χ0v) is 29.5. The van der Waals surface area contributed by atoms with Crippen molar-refractivity contribution < 1.29 is 13.2 Å². The van der Waals surface area contributed by atoms with Crippen molar-refractivity contribution in [1.82, 2.24) is 0 Å². The van der Waals surface area contributed by atoms with E-state index in [1.165, 1.54) is 27.5 Å². The first-order chi connectivity index (χ1) is 24.6. The van der Waals surface area contributed by atoms with E-state index in [4.69, 9.17) is 4.42 Å². The average Bonchev–Trinajstić information content (AvgIpc) is 3.61. The van der Waals surface area contributed by atoms with E-state index in [1.807, 2.05) is 52.0 Å². The number of aryl methyl sites for hydroxylation is 4. The van der Waals surface area contributed by atoms with Gasteiger partial charge in [0.05, 0.1) is 0 Å². The zero-order valence-electron chi connectivity index (χ0n) is 29.5. The van der Waals surface area contributed by atoms with Crippen LogP contribution < -0.4 is 20.7 Å². The molecule has 0 fully saturated rings. The molecule has 51 heavy (non-hydrogen) atoms. The van der Waals surface area contributed by atoms with Crippen molar-refractivity contribution in [1.29, 1.82) is 0 Å². The van der Waals surface area contributed by atoms with E-state index in [0.717, 1.165) is 67.2 Å². The highest BCUT2D eigenvalue weighted by atomic mass is 19.1. The predicted molar refractivity (Wildman–Crippen MR) is 207 cm³/mol. The van der Waals surface area contributed by atoms with Gasteiger partial charge in [0.15, 0.2) is 0 Å². The van der Waals surface area contributed by atoms with E-state index in [-0.39, 0.29) is 23.8 Å². The van der Waals surface area contributed by atoms with Gasteiger partial charge < -0.3 is 14.2 Å². The number of rotatable bonds is 2. The van der Waals surface area contributed by atoms with Crippen LogP contribution in [0.5, 0.6) is 0 Å². The number of hydrogen-bond donors (Lipinski definition) is 0. The second kappa shape index (κ2) is 10.2. The van der Waals surface area contributed by atoms with E-state index in [0.29, 0.717) is 11.1 Å². The Labute approximate surface area is 296 Å². The van der Waals surface area contributed by atoms with Crippen molar-refractivity contribution in [2.24, 2.45) is 0 Å². The summed E-state index contributed by atoms with van der Waals surface area (Å²) in [5, 5.41) is 2.16. The van der Waals surface area contributed by atoms with E-state index in [1.54, 1.807) is 12.1 Å². The van der Waals surface area contributed by atoms with Gasteiger partial charge in [-0.15, -0.1) is 0 Å². The van der Waals surface area contributed by atoms with Crippen LogP contribution in [0.1, 0.15) is 47.2 Å². The molecule has 6 aromatic carbocycles. The summed E-state index contributed by atoms with van der Waals surface area (Å²) in [7, 11) is 0. The van der Waals surface area contributed by atoms with Gasteiger partial charge in [0.25, 0.3) is 0 Å². The molecular formula is C45H35BF2N2O. The van der Waals surface area contributed by atoms with Gasteiger partial charge in [0.1, 0.15) is 22.8 Å². The summed E-state index contributed by atoms with van der Waals surface area (Å²) in [5.41, 5.74) is 16.5. The van der Waals surface area contributed by atoms with Gasteiger partial charge in [-0.3, -0.25) is 0 Å². The average molecular weight is 669 g/mol. The molecule has 3 heterocycles. The van der Waals surface area contributed by atoms with Crippen LogP contribution in [0.2, 0.25) is 0 Å². The highest BCUT2D eigenvalue weighted by Crippen LogP contribution is 2.56. The van der Waals surface area contributed by atoms with Gasteiger partial charge in [0.2, 0.25) is 6.71 Å². The topological polar surface area (TPSA) is 19.6 Å². The molecule has 7 aromatic rings. The Bertz CT molecular complexity index is 2720. The van der Waals surface area contributed by atoms with Crippen LogP contribution in [-0.2, 0) is 5.41 Å². The normalized spacial score (nSPS) is 15.4. The summed E-state index contributed by atoms with van der Waals surface area (Å²) < 4.78 is 36.8. The van der Waals surface area contributed by atoms with Crippen LogP contribution in [0.25, 0.3) is 27.6 Å². The molecule has 0 spiro atoms. The third-order valence-corrected chi connectivity index (χ3v) is 11.7. The van der Waals surface area contributed by atoms with Crippen LogP contribution in [0, 0.1) is 39.3 Å². The molecule has 0 unspecified atom stereocenters. The third kappa shape index (κ3) is 3.88. The number of nitrogens with zero attached hydrogens (tertiary/aromatic N) is 2. The number of allylic oxidation sites excluding steroid dienone is 1. The number of para-hydroxylation sites is 1. The Hall–Kier alpha value is -5.62. The Balaban J connectivity index is 1.41. The molecule has 6 heteroatoms. The van der Waals surface area contributed by atoms with Crippen molar-refractivity contribution >= 4 is 73.7 Å². The largest absolute Gasteiger partial charge is 0.456 e. The fourth-order valence-electron chi connectivity index (χ4n) is 9.31. The van der Waals surface area contributed by atoms with Gasteiger partial charge >= 0.3 is 0 Å². The smallest absolute Gasteiger partial charge is 0.249 e. The highest BCUT2D eigenvalue weighted by Gasteiger charge is 2.53. The SMILES string of the molecule is Cc1cc(N2C3=C(B4c5c2cccc5N(c2cc(C)c(F)cc2C)c2ccc5oc6ccccc6c5c24)C(C)(C)c2ccccc23)c(C)cc1F. The minimum absolute atomic E-state index is 0.135. The molecule has 3 nitrogen and oxygen atoms in total. The Kier molecular flexibility index (Phi) is 6.06. The second-order valence-corrected chi connectivity index (χ2v) is 15.0. The molecule has 0 radical (unpaired) electrons. The lowest BCUT2D eigenvalue weighted by Crippen LogP contribution is -2.57. The third-order valence-electron chi connectivity index (χ3n) is 11.7. The molecule has 0 amide bonds. The van der Waals surface area contributed by atoms with Crippen molar-refractivity contribution in [3.8, 4) is 0 Å². The minimum atomic E-state index is -0.355. The van der Waals surface area contributed by atoms with Crippen LogP contribution in [-0.4, -0.2) is 6.71 Å². The summed E-state index contributed by atoms with van der Waals surface area (Å²) in [4.78, 5) is 4.72. The van der Waals surface area contributed by atoms with Crippen molar-refractivity contribution in [2.75, 3.05) is 9.80 Å². The molecule has 1 aliphatic carbocycles. The molecule has 0 saturated carbocycles. The number of hydrogen-bond acceptors (Lipinski definition) is 3. The first kappa shape index (κ1) is 30.2. The molecule has 3 aliphatic rings. The summed E-state index contributed by atoms with van der Waals surface area (Å²) in [6.07, 6.45) is 0. The summed E-state index contributed by atoms with van der Waals surface area (Å²) >= 11 is 0. The number of benzene rings is 6. The van der Waals surface area contributed by atoms with E-state index < -0.39 is 0 Å². The first-order valence-corrected chi connectivity index (χ1v) is 17.6. The van der Waals surface area contributed by atoms with Gasteiger partial charge in [0, 0.05) is 55.9 Å². The first-order valence-electron chi connectivity index (χ1n) is 17.6. The summed E-state index contributed by atoms with van der Waals surface area (Å²) in [6.45, 7) is 12.2. The molecule has 2 aliphatic heterocycles. The molecule has 10 rings (SSSR count). The van der Waals surface area contributed by atoms with Crippen molar-refractivity contribution in [3.63, 3.8) is 0 Å². The maximum absolute atomic E-state index is 15.1. The fraction of sp³-hybridized carbons (Fsp3) is 0.156. The van der Waals surface area contributed by atoms with Gasteiger partial charge in [-0.2, -0.15) is 0 Å². The lowest BCUT2D eigenvalue weighted by Gasteiger charge is -2.46. The summed E-state index contributed by atoms with van der Waals surface area (Å²) in [5.74, 6) is -0.426. The van der Waals surface area contributed by atoms with E-state index in [2.05, 4.69) is 90.4 Å². The zero-order chi connectivity index (χ0) is 35.1. The molecule has 0 saturated heterocycles. The standard InChI is InChI=1S/C45H35BF2N2O/c1-24-22-36(26(3)20-31(24)47)49-33-15-11-16-34-41(33)46(42-35(49)18-19-39-40(42)29-13-8-10-17-38(29)51-39)44-43(28-12-7-9-14-30(28)45(44,5)6)50(34)37-23-25(2)32(48)21-27(37)4/h7-23H,1-6H3. The molecule has 1 aromatic heterocycles. The lowest BCUT2D eigenvalue weighted by molar-refractivity contribution is 0.617. The Morgan fingerprint density at radius 1 is 0.569 bits per heavy atom. The van der Waals surface area contributed by atoms with Crippen molar-refractivity contribution in [2.45, 2.75) is 47.0 Å². The molecule has 0 N–H and O–H groups in total. The van der Waals surface area contributed by atoms with Gasteiger partial charge in [-0.1, -0.05) is 67.9 Å². The highest BCUT2D eigenvalue weighted by molar-refractivity contribution is 6.98. The quantitative estimate of drug-likeness (QED) is 0.171. The second-order valence-electron chi connectivity index (χ2n) is 15.0. The maximum atomic E-state index is 15.1. The van der Waals surface area contributed by atoms with Gasteiger partial charge in [-0.05, 0) is 121 Å². The van der Waals surface area contributed by atoms with E-state index >= 15 is 8.78 Å². The van der Waals surface area contributed by atoms with Crippen LogP contribution >= 0.6 is 0 Å². The van der Waals surface area contributed by atoms with E-state index in [9.17, 15) is 0 Å². The minimum Gasteiger partial charge on any atom is -0.456 e. The maximum Gasteiger partial charge on any atom is 0.249 e. The number of anilines is 5. The lowest BCUT2D eigenvalue weighted by atomic mass is 9.30. The van der Waals surface area contributed by atoms with Crippen LogP contribution in [0.15, 0.2) is 113 Å². The molecular weight excluding hydrogens is 633 g/mol. The molecule has 0 atom stereocenters. The fourth-order valence-corrected chi connectivity index (χ4v) is 9.31. The van der Waals surface area contributed by atoms with Gasteiger partial charge in [-0.25, -0.2) is 8.78 Å².